The van der Waals surface area contributed by atoms with Crippen molar-refractivity contribution >= 4 is 13.8 Å². The Bertz CT molecular complexity index is 828. The van der Waals surface area contributed by atoms with Gasteiger partial charge in [0.05, 0.1) is 34.0 Å². The summed E-state index contributed by atoms with van der Waals surface area (Å²) in [6.07, 6.45) is 35.8. The lowest BCUT2D eigenvalue weighted by atomic mass is 10.0. The summed E-state index contributed by atoms with van der Waals surface area (Å²) in [6, 6.07) is 0. The first-order valence-electron chi connectivity index (χ1n) is 19.6. The number of hydrogen-bond acceptors (Lipinski definition) is 6. The molecular weight excluding hydrogens is 625 g/mol. The quantitative estimate of drug-likeness (QED) is 0.0173. The van der Waals surface area contributed by atoms with Crippen LogP contribution < -0.4 is 0 Å². The average Bonchev–Trinajstić information content (AvgIpc) is 3.03. The molecule has 0 aromatic rings. The van der Waals surface area contributed by atoms with Gasteiger partial charge in [0.15, 0.2) is 6.10 Å². The van der Waals surface area contributed by atoms with E-state index in [2.05, 4.69) is 26.0 Å². The largest absolute Gasteiger partial charge is 0.498 e. The number of likely N-dealkylation sites (N-methyl/N-ethyl adjacent to an activating group) is 1. The molecule has 1 N–H and O–H groups in total. The zero-order valence-corrected chi connectivity index (χ0v) is 32.9. The number of quaternary nitrogens is 1. The minimum Gasteiger partial charge on any atom is -0.498 e. The Morgan fingerprint density at radius 3 is 1.65 bits per heavy atom. The number of rotatable bonds is 36. The van der Waals surface area contributed by atoms with Crippen molar-refractivity contribution in [1.29, 1.82) is 0 Å². The lowest BCUT2D eigenvalue weighted by Gasteiger charge is -2.24. The maximum absolute atomic E-state index is 12.6. The van der Waals surface area contributed by atoms with Crippen molar-refractivity contribution < 1.29 is 37.3 Å². The van der Waals surface area contributed by atoms with Gasteiger partial charge >= 0.3 is 13.8 Å². The van der Waals surface area contributed by atoms with Crippen molar-refractivity contribution in [2.24, 2.45) is 0 Å². The summed E-state index contributed by atoms with van der Waals surface area (Å²) in [5, 5.41) is 0. The summed E-state index contributed by atoms with van der Waals surface area (Å²) in [4.78, 5) is 22.7. The van der Waals surface area contributed by atoms with Crippen LogP contribution in [0.15, 0.2) is 24.5 Å². The summed E-state index contributed by atoms with van der Waals surface area (Å²) < 4.78 is 34.6. The number of phosphoric ester groups is 1. The second kappa shape index (κ2) is 33.0. The molecule has 0 aliphatic heterocycles. The number of allylic oxidation sites excluding steroid dienone is 3. The van der Waals surface area contributed by atoms with Gasteiger partial charge in [-0.05, 0) is 51.0 Å². The molecule has 0 saturated heterocycles. The van der Waals surface area contributed by atoms with Gasteiger partial charge in [0.2, 0.25) is 0 Å². The van der Waals surface area contributed by atoms with Crippen LogP contribution in [0.3, 0.4) is 0 Å². The Balaban J connectivity index is 4.36. The molecule has 0 fully saturated rings. The molecule has 0 radical (unpaired) electrons. The Hall–Kier alpha value is -1.18. The zero-order valence-electron chi connectivity index (χ0n) is 32.0. The van der Waals surface area contributed by atoms with E-state index in [1.807, 2.05) is 27.2 Å². The van der Waals surface area contributed by atoms with E-state index in [9.17, 15) is 14.3 Å². The molecule has 284 valence electrons. The summed E-state index contributed by atoms with van der Waals surface area (Å²) in [6.45, 7) is 4.89. The first-order valence-corrected chi connectivity index (χ1v) is 21.1. The minimum atomic E-state index is -4.28. The van der Waals surface area contributed by atoms with Gasteiger partial charge in [0.25, 0.3) is 0 Å². The number of unbranched alkanes of at least 4 members (excludes halogenated alkanes) is 20. The Labute approximate surface area is 296 Å². The monoisotopic (exact) mass is 703 g/mol. The SMILES string of the molecule is CCCCC/C=C\CCCCCCCC(=O)O[C@H](CO/C=C\CCCCCCCCCCCCCC)COP(=O)(O)OCC[N+](C)(C)C. The van der Waals surface area contributed by atoms with Crippen LogP contribution in [-0.4, -0.2) is 69.0 Å². The van der Waals surface area contributed by atoms with Crippen molar-refractivity contribution in [2.45, 2.75) is 174 Å². The van der Waals surface area contributed by atoms with Gasteiger partial charge in [-0.25, -0.2) is 4.57 Å². The second-order valence-corrected chi connectivity index (χ2v) is 15.8. The highest BCUT2D eigenvalue weighted by Gasteiger charge is 2.26. The number of phosphoric acid groups is 1. The topological polar surface area (TPSA) is 91.3 Å². The Morgan fingerprint density at radius 2 is 1.10 bits per heavy atom. The standard InChI is InChI=1S/C39H76NO7P/c1-6-8-10-12-14-16-18-20-21-23-25-27-29-31-34-44-36-38(37-46-48(42,43)45-35-33-40(3,4)5)47-39(41)32-30-28-26-24-22-19-17-15-13-11-9-7-2/h15,17,31,34,38H,6-14,16,18-30,32-33,35-37H2,1-5H3/p+1/b17-15-,34-31-/t38-/m1/s1. The Morgan fingerprint density at radius 1 is 0.646 bits per heavy atom. The molecule has 0 aromatic heterocycles. The predicted molar refractivity (Wildman–Crippen MR) is 201 cm³/mol. The van der Waals surface area contributed by atoms with Crippen LogP contribution in [0.25, 0.3) is 0 Å². The minimum absolute atomic E-state index is 0.0471. The van der Waals surface area contributed by atoms with Gasteiger partial charge in [0.1, 0.15) is 19.8 Å². The molecule has 0 aliphatic carbocycles. The molecule has 0 saturated carbocycles. The van der Waals surface area contributed by atoms with Gasteiger partial charge in [-0.1, -0.05) is 129 Å². The van der Waals surface area contributed by atoms with E-state index in [1.165, 1.54) is 103 Å². The normalized spacial score (nSPS) is 14.1. The highest BCUT2D eigenvalue weighted by molar-refractivity contribution is 7.47. The zero-order chi connectivity index (χ0) is 35.6. The molecule has 0 spiro atoms. The number of ether oxygens (including phenoxy) is 2. The predicted octanol–water partition coefficient (Wildman–Crippen LogP) is 11.2. The molecule has 0 aromatic carbocycles. The molecule has 0 amide bonds. The van der Waals surface area contributed by atoms with E-state index in [0.717, 1.165) is 44.9 Å². The molecule has 0 aliphatic rings. The molecular formula is C39H77NO7P+. The summed E-state index contributed by atoms with van der Waals surface area (Å²) in [7, 11) is 1.63. The van der Waals surface area contributed by atoms with E-state index < -0.39 is 13.9 Å². The molecule has 2 atom stereocenters. The van der Waals surface area contributed by atoms with E-state index in [4.69, 9.17) is 18.5 Å². The van der Waals surface area contributed by atoms with E-state index in [0.29, 0.717) is 17.4 Å². The number of esters is 1. The molecule has 0 bridgehead atoms. The van der Waals surface area contributed by atoms with Gasteiger partial charge in [0, 0.05) is 6.42 Å². The molecule has 9 heteroatoms. The van der Waals surface area contributed by atoms with Gasteiger partial charge < -0.3 is 18.9 Å². The highest BCUT2D eigenvalue weighted by atomic mass is 31.2. The van der Waals surface area contributed by atoms with Crippen LogP contribution in [0.1, 0.15) is 168 Å². The fourth-order valence-corrected chi connectivity index (χ4v) is 5.96. The third-order valence-corrected chi connectivity index (χ3v) is 9.31. The van der Waals surface area contributed by atoms with Gasteiger partial charge in [-0.2, -0.15) is 0 Å². The smallest absolute Gasteiger partial charge is 0.472 e. The van der Waals surface area contributed by atoms with Crippen molar-refractivity contribution in [3.05, 3.63) is 24.5 Å². The number of carbonyl (C=O) groups excluding carboxylic acids is 1. The van der Waals surface area contributed by atoms with Crippen molar-refractivity contribution in [3.8, 4) is 0 Å². The van der Waals surface area contributed by atoms with Crippen LogP contribution >= 0.6 is 7.82 Å². The molecule has 0 rings (SSSR count). The lowest BCUT2D eigenvalue weighted by molar-refractivity contribution is -0.870. The van der Waals surface area contributed by atoms with Crippen molar-refractivity contribution in [2.75, 3.05) is 47.5 Å². The fraction of sp³-hybridized carbons (Fsp3) is 0.872. The number of hydrogen-bond donors (Lipinski definition) is 1. The van der Waals surface area contributed by atoms with Crippen molar-refractivity contribution in [1.82, 2.24) is 0 Å². The van der Waals surface area contributed by atoms with Gasteiger partial charge in [-0.15, -0.1) is 0 Å². The highest BCUT2D eigenvalue weighted by Crippen LogP contribution is 2.43. The Kier molecular flexibility index (Phi) is 32.2. The average molecular weight is 703 g/mol. The van der Waals surface area contributed by atoms with E-state index in [1.54, 1.807) is 6.26 Å². The summed E-state index contributed by atoms with van der Waals surface area (Å²) in [5.41, 5.74) is 0. The molecule has 48 heavy (non-hydrogen) atoms. The van der Waals surface area contributed by atoms with Crippen LogP contribution in [0.5, 0.6) is 0 Å². The number of nitrogens with zero attached hydrogens (tertiary/aromatic N) is 1. The molecule has 0 heterocycles. The second-order valence-electron chi connectivity index (χ2n) is 14.4. The van der Waals surface area contributed by atoms with Crippen LogP contribution in [0.4, 0.5) is 0 Å². The van der Waals surface area contributed by atoms with Crippen LogP contribution in [0.2, 0.25) is 0 Å². The van der Waals surface area contributed by atoms with Gasteiger partial charge in [-0.3, -0.25) is 13.8 Å². The van der Waals surface area contributed by atoms with E-state index in [-0.39, 0.29) is 25.8 Å². The third kappa shape index (κ3) is 36.1. The molecule has 8 nitrogen and oxygen atoms in total. The number of carbonyl (C=O) groups is 1. The first-order chi connectivity index (χ1) is 23.1. The van der Waals surface area contributed by atoms with E-state index >= 15 is 0 Å². The summed E-state index contributed by atoms with van der Waals surface area (Å²) >= 11 is 0. The first kappa shape index (κ1) is 46.8. The maximum atomic E-state index is 12.6. The maximum Gasteiger partial charge on any atom is 0.472 e. The molecule has 1 unspecified atom stereocenters. The third-order valence-electron chi connectivity index (χ3n) is 8.33. The summed E-state index contributed by atoms with van der Waals surface area (Å²) in [5.74, 6) is -0.346. The van der Waals surface area contributed by atoms with Crippen molar-refractivity contribution in [3.63, 3.8) is 0 Å². The fourth-order valence-electron chi connectivity index (χ4n) is 5.22. The van der Waals surface area contributed by atoms with Crippen LogP contribution in [0, 0.1) is 0 Å². The van der Waals surface area contributed by atoms with Crippen LogP contribution in [-0.2, 0) is 27.9 Å². The lowest BCUT2D eigenvalue weighted by Crippen LogP contribution is -2.37.